The van der Waals surface area contributed by atoms with Gasteiger partial charge in [0.25, 0.3) is 0 Å². The lowest BCUT2D eigenvalue weighted by molar-refractivity contribution is -0.0504. The summed E-state index contributed by atoms with van der Waals surface area (Å²) in [6.07, 6.45) is 4.36. The summed E-state index contributed by atoms with van der Waals surface area (Å²) in [4.78, 5) is 4.50. The molecule has 0 amide bonds. The fourth-order valence-electron chi connectivity index (χ4n) is 2.39. The molecule has 1 heterocycles. The van der Waals surface area contributed by atoms with E-state index in [9.17, 15) is 8.78 Å². The van der Waals surface area contributed by atoms with Crippen LogP contribution >= 0.6 is 35.7 Å². The van der Waals surface area contributed by atoms with Gasteiger partial charge in [0.2, 0.25) is 0 Å². The number of guanidine groups is 1. The Labute approximate surface area is 190 Å². The van der Waals surface area contributed by atoms with Gasteiger partial charge < -0.3 is 24.5 Å². The monoisotopic (exact) mass is 541 g/mol. The van der Waals surface area contributed by atoms with Crippen molar-refractivity contribution in [2.24, 2.45) is 4.99 Å². The highest BCUT2D eigenvalue weighted by Gasteiger charge is 2.11. The van der Waals surface area contributed by atoms with Crippen LogP contribution in [0.1, 0.15) is 11.3 Å². The first kappa shape index (κ1) is 25.3. The predicted molar refractivity (Wildman–Crippen MR) is 123 cm³/mol. The maximum absolute atomic E-state index is 12.7. The topological polar surface area (TPSA) is 68.0 Å². The molecule has 2 aromatic rings. The molecular formula is C19H26F2IN3O3S. The second-order valence-corrected chi connectivity index (χ2v) is 6.68. The zero-order chi connectivity index (χ0) is 20.2. The van der Waals surface area contributed by atoms with Gasteiger partial charge in [-0.3, -0.25) is 0 Å². The maximum atomic E-state index is 12.7. The lowest BCUT2D eigenvalue weighted by Gasteiger charge is -2.14. The second kappa shape index (κ2) is 14.3. The Hall–Kier alpha value is -1.69. The van der Waals surface area contributed by atoms with Gasteiger partial charge in [-0.1, -0.05) is 0 Å². The maximum Gasteiger partial charge on any atom is 0.387 e. The molecule has 1 aromatic carbocycles. The Kier molecular flexibility index (Phi) is 12.5. The molecule has 0 aliphatic carbocycles. The smallest absolute Gasteiger partial charge is 0.387 e. The first-order chi connectivity index (χ1) is 13.6. The van der Waals surface area contributed by atoms with Crippen molar-refractivity contribution in [2.75, 3.05) is 32.2 Å². The predicted octanol–water partition coefficient (Wildman–Crippen LogP) is 4.15. The molecule has 0 spiro atoms. The normalized spacial score (nSPS) is 11.1. The van der Waals surface area contributed by atoms with E-state index in [0.29, 0.717) is 30.2 Å². The molecular weight excluding hydrogens is 515 g/mol. The van der Waals surface area contributed by atoms with Gasteiger partial charge in [-0.15, -0.1) is 24.0 Å². The summed E-state index contributed by atoms with van der Waals surface area (Å²) in [6.45, 7) is -1.39. The Bertz CT molecular complexity index is 733. The Morgan fingerprint density at radius 2 is 2.03 bits per heavy atom. The summed E-state index contributed by atoms with van der Waals surface area (Å²) in [5.74, 6) is 3.01. The van der Waals surface area contributed by atoms with Crippen molar-refractivity contribution in [3.8, 4) is 11.5 Å². The number of alkyl halides is 2. The minimum Gasteiger partial charge on any atom is -0.497 e. The number of rotatable bonds is 11. The zero-order valence-corrected chi connectivity index (χ0v) is 19.5. The minimum absolute atomic E-state index is 0. The summed E-state index contributed by atoms with van der Waals surface area (Å²) < 4.78 is 40.4. The summed E-state index contributed by atoms with van der Waals surface area (Å²) >= 11 is 1.71. The van der Waals surface area contributed by atoms with Gasteiger partial charge in [-0.05, 0) is 36.6 Å². The third-order valence-electron chi connectivity index (χ3n) is 3.73. The molecule has 1 aromatic heterocycles. The summed E-state index contributed by atoms with van der Waals surface area (Å²) in [5.41, 5.74) is 0.511. The first-order valence-electron chi connectivity index (χ1n) is 8.77. The van der Waals surface area contributed by atoms with Crippen LogP contribution in [0.4, 0.5) is 8.78 Å². The molecule has 2 rings (SSSR count). The van der Waals surface area contributed by atoms with Crippen molar-refractivity contribution in [3.05, 3.63) is 47.9 Å². The Morgan fingerprint density at radius 3 is 2.69 bits per heavy atom. The van der Waals surface area contributed by atoms with E-state index in [2.05, 4.69) is 20.4 Å². The van der Waals surface area contributed by atoms with Crippen molar-refractivity contribution < 1.29 is 22.7 Å². The van der Waals surface area contributed by atoms with Crippen molar-refractivity contribution in [1.29, 1.82) is 0 Å². The zero-order valence-electron chi connectivity index (χ0n) is 16.3. The number of halogens is 3. The average Bonchev–Trinajstić information content (AvgIpc) is 3.19. The molecule has 29 heavy (non-hydrogen) atoms. The van der Waals surface area contributed by atoms with Crippen LogP contribution in [0.3, 0.4) is 0 Å². The van der Waals surface area contributed by atoms with Crippen LogP contribution in [-0.2, 0) is 13.0 Å². The third-order valence-corrected chi connectivity index (χ3v) is 4.35. The van der Waals surface area contributed by atoms with Gasteiger partial charge in [-0.2, -0.15) is 20.5 Å². The van der Waals surface area contributed by atoms with Gasteiger partial charge in [0.1, 0.15) is 17.3 Å². The number of aliphatic imine (C=N–C) groups is 1. The van der Waals surface area contributed by atoms with E-state index in [0.717, 1.165) is 18.1 Å². The molecule has 0 atom stereocenters. The van der Waals surface area contributed by atoms with Gasteiger partial charge in [0.15, 0.2) is 5.96 Å². The van der Waals surface area contributed by atoms with Crippen LogP contribution in [0.15, 0.2) is 46.0 Å². The van der Waals surface area contributed by atoms with E-state index in [1.807, 2.05) is 18.4 Å². The van der Waals surface area contributed by atoms with E-state index in [4.69, 9.17) is 9.15 Å². The molecule has 0 aliphatic rings. The fraction of sp³-hybridized carbons (Fsp3) is 0.421. The molecule has 0 fully saturated rings. The van der Waals surface area contributed by atoms with Gasteiger partial charge in [0.05, 0.1) is 19.9 Å². The number of nitrogens with zero attached hydrogens (tertiary/aromatic N) is 1. The molecule has 0 unspecified atom stereocenters. The molecule has 10 heteroatoms. The molecule has 2 N–H and O–H groups in total. The molecule has 6 nitrogen and oxygen atoms in total. The molecule has 0 aliphatic heterocycles. The van der Waals surface area contributed by atoms with E-state index in [1.165, 1.54) is 13.2 Å². The quantitative estimate of drug-likeness (QED) is 0.193. The van der Waals surface area contributed by atoms with Crippen LogP contribution in [0, 0.1) is 0 Å². The van der Waals surface area contributed by atoms with Crippen molar-refractivity contribution in [3.63, 3.8) is 0 Å². The minimum atomic E-state index is -2.90. The van der Waals surface area contributed by atoms with E-state index < -0.39 is 6.61 Å². The molecule has 0 saturated carbocycles. The largest absolute Gasteiger partial charge is 0.497 e. The number of nitrogens with one attached hydrogen (secondary N) is 2. The molecule has 0 saturated heterocycles. The number of methoxy groups -OCH3 is 1. The number of furan rings is 1. The lowest BCUT2D eigenvalue weighted by atomic mass is 10.2. The van der Waals surface area contributed by atoms with Gasteiger partial charge >= 0.3 is 6.61 Å². The fourth-order valence-corrected chi connectivity index (χ4v) is 2.69. The lowest BCUT2D eigenvalue weighted by Crippen LogP contribution is -2.39. The van der Waals surface area contributed by atoms with Crippen LogP contribution < -0.4 is 20.1 Å². The van der Waals surface area contributed by atoms with Crippen molar-refractivity contribution >= 4 is 41.7 Å². The summed E-state index contributed by atoms with van der Waals surface area (Å²) in [7, 11) is 1.52. The Morgan fingerprint density at radius 1 is 1.24 bits per heavy atom. The van der Waals surface area contributed by atoms with Crippen LogP contribution in [-0.4, -0.2) is 44.8 Å². The SMILES string of the molecule is COc1ccc(OC(F)F)c(CN=C(NCCSC)NCCc2ccco2)c1.I. The molecule has 0 bridgehead atoms. The average molecular weight is 541 g/mol. The highest BCUT2D eigenvalue weighted by atomic mass is 127. The molecule has 0 radical (unpaired) electrons. The first-order valence-corrected chi connectivity index (χ1v) is 10.2. The highest BCUT2D eigenvalue weighted by Crippen LogP contribution is 2.26. The third kappa shape index (κ3) is 9.57. The second-order valence-electron chi connectivity index (χ2n) is 5.69. The summed E-state index contributed by atoms with van der Waals surface area (Å²) in [5, 5.41) is 6.45. The standard InChI is InChI=1S/C19H25F2N3O3S.HI/c1-25-16-5-6-17(27-18(20)21)14(12-16)13-24-19(23-9-11-28-2)22-8-7-15-4-3-10-26-15;/h3-6,10,12,18H,7-9,11,13H2,1-2H3,(H2,22,23,24);1H. The highest BCUT2D eigenvalue weighted by molar-refractivity contribution is 14.0. The number of benzene rings is 1. The van der Waals surface area contributed by atoms with E-state index in [-0.39, 0.29) is 36.3 Å². The van der Waals surface area contributed by atoms with E-state index >= 15 is 0 Å². The number of hydrogen-bond acceptors (Lipinski definition) is 5. The van der Waals surface area contributed by atoms with Crippen LogP contribution in [0.25, 0.3) is 0 Å². The van der Waals surface area contributed by atoms with E-state index in [1.54, 1.807) is 30.2 Å². The van der Waals surface area contributed by atoms with Crippen molar-refractivity contribution in [1.82, 2.24) is 10.6 Å². The Balaban J connectivity index is 0.00000420. The van der Waals surface area contributed by atoms with Gasteiger partial charge in [0, 0.05) is 30.8 Å². The number of thioether (sulfide) groups is 1. The van der Waals surface area contributed by atoms with Crippen LogP contribution in [0.5, 0.6) is 11.5 Å². The number of hydrogen-bond donors (Lipinski definition) is 2. The van der Waals surface area contributed by atoms with Crippen LogP contribution in [0.2, 0.25) is 0 Å². The summed E-state index contributed by atoms with van der Waals surface area (Å²) in [6, 6.07) is 8.42. The number of ether oxygens (including phenoxy) is 2. The van der Waals surface area contributed by atoms with Gasteiger partial charge in [-0.25, -0.2) is 4.99 Å². The van der Waals surface area contributed by atoms with Crippen molar-refractivity contribution in [2.45, 2.75) is 19.6 Å². The molecule has 162 valence electrons.